The lowest BCUT2D eigenvalue weighted by molar-refractivity contribution is 0.460. The molecule has 15 heavy (non-hydrogen) atoms. The van der Waals surface area contributed by atoms with Crippen molar-refractivity contribution in [2.24, 2.45) is 5.92 Å². The molecule has 2 nitrogen and oxygen atoms in total. The van der Waals surface area contributed by atoms with E-state index >= 15 is 0 Å². The summed E-state index contributed by atoms with van der Waals surface area (Å²) in [5.41, 5.74) is 0. The molecule has 0 radical (unpaired) electrons. The smallest absolute Gasteiger partial charge is 0.183 e. The van der Waals surface area contributed by atoms with Gasteiger partial charge in [-0.3, -0.25) is 0 Å². The topological polar surface area (TPSA) is 25.2 Å². The van der Waals surface area contributed by atoms with E-state index in [4.69, 9.17) is 4.42 Å². The van der Waals surface area contributed by atoms with Gasteiger partial charge in [0.25, 0.3) is 0 Å². The molecule has 0 spiro atoms. The SMILES string of the molecule is Brc1cc(CNCCCC2CC2)oc1Br. The predicted octanol–water partition coefficient (Wildman–Crippen LogP) is 4.08. The average molecular weight is 337 g/mol. The second kappa shape index (κ2) is 5.51. The summed E-state index contributed by atoms with van der Waals surface area (Å²) in [6, 6.07) is 2.00. The first-order chi connectivity index (χ1) is 7.25. The fourth-order valence-corrected chi connectivity index (χ4v) is 2.27. The maximum absolute atomic E-state index is 5.46. The Morgan fingerprint density at radius 2 is 2.20 bits per heavy atom. The molecule has 0 aromatic carbocycles. The molecule has 0 amide bonds. The van der Waals surface area contributed by atoms with Gasteiger partial charge in [-0.15, -0.1) is 0 Å². The third-order valence-corrected chi connectivity index (χ3v) is 4.37. The molecule has 2 rings (SSSR count). The van der Waals surface area contributed by atoms with Gasteiger partial charge < -0.3 is 9.73 Å². The molecule has 0 unspecified atom stereocenters. The Morgan fingerprint density at radius 3 is 2.80 bits per heavy atom. The van der Waals surface area contributed by atoms with Gasteiger partial charge in [0, 0.05) is 0 Å². The number of rotatable bonds is 6. The molecule has 0 bridgehead atoms. The van der Waals surface area contributed by atoms with Crippen LogP contribution in [-0.2, 0) is 6.54 Å². The monoisotopic (exact) mass is 335 g/mol. The Morgan fingerprint density at radius 1 is 1.40 bits per heavy atom. The first kappa shape index (κ1) is 11.7. The van der Waals surface area contributed by atoms with Crippen LogP contribution in [0.15, 0.2) is 19.6 Å². The number of nitrogens with one attached hydrogen (secondary N) is 1. The highest BCUT2D eigenvalue weighted by atomic mass is 79.9. The lowest BCUT2D eigenvalue weighted by atomic mass is 10.2. The number of furan rings is 1. The molecule has 1 saturated carbocycles. The molecular weight excluding hydrogens is 322 g/mol. The van der Waals surface area contributed by atoms with Crippen LogP contribution >= 0.6 is 31.9 Å². The highest BCUT2D eigenvalue weighted by molar-refractivity contribution is 9.13. The van der Waals surface area contributed by atoms with Crippen molar-refractivity contribution in [2.45, 2.75) is 32.2 Å². The van der Waals surface area contributed by atoms with Crippen LogP contribution in [0.3, 0.4) is 0 Å². The molecule has 1 aromatic heterocycles. The van der Waals surface area contributed by atoms with Crippen LogP contribution in [-0.4, -0.2) is 6.54 Å². The molecule has 1 aliphatic rings. The van der Waals surface area contributed by atoms with E-state index in [9.17, 15) is 0 Å². The molecule has 0 atom stereocenters. The summed E-state index contributed by atoms with van der Waals surface area (Å²) in [5.74, 6) is 2.01. The van der Waals surface area contributed by atoms with Gasteiger partial charge in [0.2, 0.25) is 0 Å². The summed E-state index contributed by atoms with van der Waals surface area (Å²) in [6.45, 7) is 1.90. The number of hydrogen-bond acceptors (Lipinski definition) is 2. The minimum atomic E-state index is 0.775. The summed E-state index contributed by atoms with van der Waals surface area (Å²) < 4.78 is 7.22. The Labute approximate surface area is 107 Å². The summed E-state index contributed by atoms with van der Waals surface area (Å²) in [4.78, 5) is 0. The second-order valence-corrected chi connectivity index (χ2v) is 5.67. The molecule has 1 N–H and O–H groups in total. The van der Waals surface area contributed by atoms with Gasteiger partial charge in [0.15, 0.2) is 4.67 Å². The molecule has 1 fully saturated rings. The highest BCUT2D eigenvalue weighted by Gasteiger charge is 2.19. The van der Waals surface area contributed by atoms with Crippen molar-refractivity contribution in [1.29, 1.82) is 0 Å². The van der Waals surface area contributed by atoms with E-state index < -0.39 is 0 Å². The molecule has 1 aliphatic carbocycles. The molecule has 1 heterocycles. The summed E-state index contributed by atoms with van der Waals surface area (Å²) in [6.07, 6.45) is 5.59. The number of halogens is 2. The zero-order valence-corrected chi connectivity index (χ0v) is 11.7. The maximum Gasteiger partial charge on any atom is 0.183 e. The molecule has 4 heteroatoms. The van der Waals surface area contributed by atoms with Crippen LogP contribution in [0.2, 0.25) is 0 Å². The minimum Gasteiger partial charge on any atom is -0.452 e. The lowest BCUT2D eigenvalue weighted by Crippen LogP contribution is -2.14. The van der Waals surface area contributed by atoms with Gasteiger partial charge in [-0.25, -0.2) is 0 Å². The minimum absolute atomic E-state index is 0.775. The van der Waals surface area contributed by atoms with E-state index in [0.717, 1.165) is 33.9 Å². The lowest BCUT2D eigenvalue weighted by Gasteiger charge is -2.01. The van der Waals surface area contributed by atoms with Crippen molar-refractivity contribution >= 4 is 31.9 Å². The van der Waals surface area contributed by atoms with Crippen LogP contribution in [0.5, 0.6) is 0 Å². The van der Waals surface area contributed by atoms with Gasteiger partial charge in [-0.05, 0) is 63.2 Å². The standard InChI is InChI=1S/C11H15Br2NO/c12-10-6-9(15-11(10)13)7-14-5-1-2-8-3-4-8/h6,8,14H,1-5,7H2. The zero-order valence-electron chi connectivity index (χ0n) is 8.56. The first-order valence-electron chi connectivity index (χ1n) is 5.40. The Kier molecular flexibility index (Phi) is 4.29. The normalized spacial score (nSPS) is 15.9. The highest BCUT2D eigenvalue weighted by Crippen LogP contribution is 2.33. The third-order valence-electron chi connectivity index (χ3n) is 2.66. The van der Waals surface area contributed by atoms with Crippen LogP contribution < -0.4 is 5.32 Å². The molecular formula is C11H15Br2NO. The van der Waals surface area contributed by atoms with Crippen molar-refractivity contribution in [3.63, 3.8) is 0 Å². The Balaban J connectivity index is 1.60. The summed E-state index contributed by atoms with van der Waals surface area (Å²) >= 11 is 6.72. The van der Waals surface area contributed by atoms with E-state index in [1.54, 1.807) is 0 Å². The predicted molar refractivity (Wildman–Crippen MR) is 67.8 cm³/mol. The van der Waals surface area contributed by atoms with E-state index in [2.05, 4.69) is 37.2 Å². The van der Waals surface area contributed by atoms with Crippen molar-refractivity contribution in [3.8, 4) is 0 Å². The molecule has 84 valence electrons. The fourth-order valence-electron chi connectivity index (χ4n) is 1.61. The van der Waals surface area contributed by atoms with Crippen LogP contribution in [0.4, 0.5) is 0 Å². The van der Waals surface area contributed by atoms with Gasteiger partial charge in [-0.1, -0.05) is 12.8 Å². The van der Waals surface area contributed by atoms with E-state index in [1.165, 1.54) is 25.7 Å². The van der Waals surface area contributed by atoms with Crippen molar-refractivity contribution < 1.29 is 4.42 Å². The van der Waals surface area contributed by atoms with E-state index in [1.807, 2.05) is 6.07 Å². The molecule has 0 saturated heterocycles. The van der Waals surface area contributed by atoms with Gasteiger partial charge in [0.05, 0.1) is 11.0 Å². The number of hydrogen-bond donors (Lipinski definition) is 1. The molecule has 1 aromatic rings. The van der Waals surface area contributed by atoms with Gasteiger partial charge in [0.1, 0.15) is 5.76 Å². The largest absolute Gasteiger partial charge is 0.452 e. The van der Waals surface area contributed by atoms with Crippen LogP contribution in [0.25, 0.3) is 0 Å². The maximum atomic E-state index is 5.46. The van der Waals surface area contributed by atoms with Crippen LogP contribution in [0.1, 0.15) is 31.4 Å². The zero-order chi connectivity index (χ0) is 10.7. The Bertz CT molecular complexity index is 301. The second-order valence-electron chi connectivity index (χ2n) is 4.10. The fraction of sp³-hybridized carbons (Fsp3) is 0.636. The van der Waals surface area contributed by atoms with Gasteiger partial charge in [-0.2, -0.15) is 0 Å². The quantitative estimate of drug-likeness (QED) is 0.792. The van der Waals surface area contributed by atoms with Crippen molar-refractivity contribution in [2.75, 3.05) is 6.54 Å². The van der Waals surface area contributed by atoms with Crippen LogP contribution in [0, 0.1) is 5.92 Å². The van der Waals surface area contributed by atoms with Crippen molar-refractivity contribution in [1.82, 2.24) is 5.32 Å². The summed E-state index contributed by atoms with van der Waals surface area (Å²) in [7, 11) is 0. The van der Waals surface area contributed by atoms with Gasteiger partial charge >= 0.3 is 0 Å². The first-order valence-corrected chi connectivity index (χ1v) is 6.98. The van der Waals surface area contributed by atoms with Crippen molar-refractivity contribution in [3.05, 3.63) is 21.0 Å². The third kappa shape index (κ3) is 3.93. The summed E-state index contributed by atoms with van der Waals surface area (Å²) in [5, 5.41) is 3.39. The van der Waals surface area contributed by atoms with E-state index in [-0.39, 0.29) is 0 Å². The van der Waals surface area contributed by atoms with E-state index in [0.29, 0.717) is 0 Å². The Hall–Kier alpha value is 0.200. The average Bonchev–Trinajstić information content (AvgIpc) is 2.95. The molecule has 0 aliphatic heterocycles.